The Balaban J connectivity index is 1.73. The Bertz CT molecular complexity index is 775. The Morgan fingerprint density at radius 2 is 2.04 bits per heavy atom. The van der Waals surface area contributed by atoms with Gasteiger partial charge < -0.3 is 20.1 Å². The number of methoxy groups -OCH3 is 1. The number of nitrogens with zero attached hydrogens (tertiary/aromatic N) is 1. The van der Waals surface area contributed by atoms with Crippen LogP contribution in [0.4, 0.5) is 11.4 Å². The zero-order valence-corrected chi connectivity index (χ0v) is 13.2. The molecule has 1 heterocycles. The summed E-state index contributed by atoms with van der Waals surface area (Å²) in [6, 6.07) is 13.6. The van der Waals surface area contributed by atoms with E-state index in [4.69, 9.17) is 4.74 Å². The number of para-hydroxylation sites is 2. The number of hydrogen-bond donors (Lipinski definition) is 2. The number of anilines is 2. The molecule has 1 aliphatic rings. The maximum Gasteiger partial charge on any atom is 0.229 e. The molecule has 0 radical (unpaired) electrons. The van der Waals surface area contributed by atoms with Crippen LogP contribution >= 0.6 is 0 Å². The summed E-state index contributed by atoms with van der Waals surface area (Å²) in [6.07, 6.45) is 0.142. The van der Waals surface area contributed by atoms with Crippen LogP contribution in [0.1, 0.15) is 6.42 Å². The Morgan fingerprint density at radius 1 is 1.25 bits per heavy atom. The van der Waals surface area contributed by atoms with Gasteiger partial charge in [-0.25, -0.2) is 0 Å². The molecular weight excluding hydrogens is 308 g/mol. The molecule has 0 unspecified atom stereocenters. The maximum atomic E-state index is 12.4. The minimum atomic E-state index is -0.454. The molecule has 24 heavy (non-hydrogen) atoms. The van der Waals surface area contributed by atoms with Gasteiger partial charge in [-0.2, -0.15) is 0 Å². The van der Waals surface area contributed by atoms with Crippen LogP contribution in [-0.2, 0) is 9.59 Å². The molecule has 1 atom stereocenters. The number of benzene rings is 2. The van der Waals surface area contributed by atoms with E-state index in [0.29, 0.717) is 23.7 Å². The first-order chi connectivity index (χ1) is 11.6. The fraction of sp³-hybridized carbons (Fsp3) is 0.222. The highest BCUT2D eigenvalue weighted by Gasteiger charge is 2.36. The van der Waals surface area contributed by atoms with E-state index in [1.165, 1.54) is 12.1 Å². The average Bonchev–Trinajstić information content (AvgIpc) is 2.96. The number of ether oxygens (including phenoxy) is 1. The standard InChI is InChI=1S/C18H18N2O4/c1-24-16-8-3-2-7-15(16)20-11-12(9-17(20)22)18(23)19-13-5-4-6-14(21)10-13/h2-8,10,12,21H,9,11H2,1H3,(H,19,23)/t12-/m1/s1. The van der Waals surface area contributed by atoms with Crippen LogP contribution < -0.4 is 15.0 Å². The average molecular weight is 326 g/mol. The van der Waals surface area contributed by atoms with E-state index in [1.54, 1.807) is 36.3 Å². The van der Waals surface area contributed by atoms with Crippen LogP contribution in [-0.4, -0.2) is 30.6 Å². The number of rotatable bonds is 4. The first-order valence-corrected chi connectivity index (χ1v) is 7.62. The van der Waals surface area contributed by atoms with Crippen molar-refractivity contribution in [3.8, 4) is 11.5 Å². The summed E-state index contributed by atoms with van der Waals surface area (Å²) in [4.78, 5) is 26.3. The molecule has 3 rings (SSSR count). The van der Waals surface area contributed by atoms with E-state index in [1.807, 2.05) is 12.1 Å². The van der Waals surface area contributed by atoms with Gasteiger partial charge in [0.1, 0.15) is 11.5 Å². The first kappa shape index (κ1) is 15.9. The van der Waals surface area contributed by atoms with E-state index >= 15 is 0 Å². The number of hydrogen-bond acceptors (Lipinski definition) is 4. The van der Waals surface area contributed by atoms with Crippen molar-refractivity contribution >= 4 is 23.2 Å². The smallest absolute Gasteiger partial charge is 0.229 e. The van der Waals surface area contributed by atoms with Crippen LogP contribution in [0.5, 0.6) is 11.5 Å². The van der Waals surface area contributed by atoms with Gasteiger partial charge in [-0.3, -0.25) is 9.59 Å². The fourth-order valence-electron chi connectivity index (χ4n) is 2.80. The zero-order chi connectivity index (χ0) is 17.1. The van der Waals surface area contributed by atoms with Gasteiger partial charge in [0, 0.05) is 24.7 Å². The lowest BCUT2D eigenvalue weighted by atomic mass is 10.1. The van der Waals surface area contributed by atoms with Crippen LogP contribution in [0.25, 0.3) is 0 Å². The van der Waals surface area contributed by atoms with Crippen molar-refractivity contribution in [1.29, 1.82) is 0 Å². The monoisotopic (exact) mass is 326 g/mol. The second kappa shape index (κ2) is 6.62. The minimum absolute atomic E-state index is 0.0750. The van der Waals surface area contributed by atoms with Crippen molar-refractivity contribution in [2.75, 3.05) is 23.9 Å². The summed E-state index contributed by atoms with van der Waals surface area (Å²) in [5.41, 5.74) is 1.17. The predicted octanol–water partition coefficient (Wildman–Crippen LogP) is 2.39. The van der Waals surface area contributed by atoms with Crippen LogP contribution in [0, 0.1) is 5.92 Å². The third kappa shape index (κ3) is 3.17. The zero-order valence-electron chi connectivity index (χ0n) is 13.2. The molecule has 1 aliphatic heterocycles. The summed E-state index contributed by atoms with van der Waals surface area (Å²) >= 11 is 0. The van der Waals surface area contributed by atoms with E-state index in [-0.39, 0.29) is 24.0 Å². The molecule has 2 N–H and O–H groups in total. The summed E-state index contributed by atoms with van der Waals surface area (Å²) < 4.78 is 5.29. The SMILES string of the molecule is COc1ccccc1N1C[C@H](C(=O)Nc2cccc(O)c2)CC1=O. The summed E-state index contributed by atoms with van der Waals surface area (Å²) in [5, 5.41) is 12.2. The van der Waals surface area contributed by atoms with Gasteiger partial charge in [0.15, 0.2) is 0 Å². The van der Waals surface area contributed by atoms with Crippen molar-refractivity contribution in [1.82, 2.24) is 0 Å². The molecule has 0 saturated carbocycles. The van der Waals surface area contributed by atoms with Crippen LogP contribution in [0.15, 0.2) is 48.5 Å². The Kier molecular flexibility index (Phi) is 4.37. The molecule has 2 amide bonds. The number of phenolic OH excluding ortho intramolecular Hbond substituents is 1. The Labute approximate surface area is 139 Å². The van der Waals surface area contributed by atoms with Gasteiger partial charge in [-0.15, -0.1) is 0 Å². The minimum Gasteiger partial charge on any atom is -0.508 e. The Morgan fingerprint density at radius 3 is 2.79 bits per heavy atom. The lowest BCUT2D eigenvalue weighted by molar-refractivity contribution is -0.122. The van der Waals surface area contributed by atoms with Crippen molar-refractivity contribution in [3.05, 3.63) is 48.5 Å². The van der Waals surface area contributed by atoms with E-state index in [9.17, 15) is 14.7 Å². The maximum absolute atomic E-state index is 12.4. The summed E-state index contributed by atoms with van der Waals surface area (Å²) in [7, 11) is 1.55. The molecule has 0 bridgehead atoms. The molecule has 6 heteroatoms. The highest BCUT2D eigenvalue weighted by atomic mass is 16.5. The number of carbonyl (C=O) groups excluding carboxylic acids is 2. The third-order valence-corrected chi connectivity index (χ3v) is 3.99. The van der Waals surface area contributed by atoms with Gasteiger partial charge >= 0.3 is 0 Å². The van der Waals surface area contributed by atoms with Gasteiger partial charge in [-0.05, 0) is 24.3 Å². The van der Waals surface area contributed by atoms with Crippen molar-refractivity contribution in [2.24, 2.45) is 5.92 Å². The predicted molar refractivity (Wildman–Crippen MR) is 90.2 cm³/mol. The lowest BCUT2D eigenvalue weighted by Gasteiger charge is -2.19. The fourth-order valence-corrected chi connectivity index (χ4v) is 2.80. The van der Waals surface area contributed by atoms with Crippen molar-refractivity contribution in [3.63, 3.8) is 0 Å². The molecule has 124 valence electrons. The van der Waals surface area contributed by atoms with E-state index in [0.717, 1.165) is 0 Å². The molecule has 0 spiro atoms. The second-order valence-electron chi connectivity index (χ2n) is 5.62. The van der Waals surface area contributed by atoms with Crippen molar-refractivity contribution in [2.45, 2.75) is 6.42 Å². The van der Waals surface area contributed by atoms with E-state index < -0.39 is 5.92 Å². The van der Waals surface area contributed by atoms with E-state index in [2.05, 4.69) is 5.32 Å². The quantitative estimate of drug-likeness (QED) is 0.904. The number of phenols is 1. The largest absolute Gasteiger partial charge is 0.508 e. The second-order valence-corrected chi connectivity index (χ2v) is 5.62. The van der Waals surface area contributed by atoms with Crippen LogP contribution in [0.2, 0.25) is 0 Å². The highest BCUT2D eigenvalue weighted by Crippen LogP contribution is 2.33. The van der Waals surface area contributed by atoms with Gasteiger partial charge in [0.05, 0.1) is 18.7 Å². The molecule has 6 nitrogen and oxygen atoms in total. The summed E-state index contributed by atoms with van der Waals surface area (Å²) in [6.45, 7) is 0.295. The van der Waals surface area contributed by atoms with Crippen molar-refractivity contribution < 1.29 is 19.4 Å². The summed E-state index contributed by atoms with van der Waals surface area (Å²) in [5.74, 6) is -0.141. The number of nitrogens with one attached hydrogen (secondary N) is 1. The molecule has 2 aromatic carbocycles. The highest BCUT2D eigenvalue weighted by molar-refractivity contribution is 6.04. The molecule has 0 aliphatic carbocycles. The number of aromatic hydroxyl groups is 1. The molecule has 0 aromatic heterocycles. The van der Waals surface area contributed by atoms with Gasteiger partial charge in [-0.1, -0.05) is 18.2 Å². The lowest BCUT2D eigenvalue weighted by Crippen LogP contribution is -2.28. The topological polar surface area (TPSA) is 78.9 Å². The van der Waals surface area contributed by atoms with Gasteiger partial charge in [0.2, 0.25) is 11.8 Å². The molecular formula is C18H18N2O4. The first-order valence-electron chi connectivity index (χ1n) is 7.62. The third-order valence-electron chi connectivity index (χ3n) is 3.99. The Hall–Kier alpha value is -3.02. The normalized spacial score (nSPS) is 17.0. The number of carbonyl (C=O) groups is 2. The number of amides is 2. The van der Waals surface area contributed by atoms with Gasteiger partial charge in [0.25, 0.3) is 0 Å². The molecule has 1 saturated heterocycles. The molecule has 2 aromatic rings. The van der Waals surface area contributed by atoms with Crippen LogP contribution in [0.3, 0.4) is 0 Å². The molecule has 1 fully saturated rings.